The van der Waals surface area contributed by atoms with Crippen LogP contribution in [0.1, 0.15) is 74.1 Å². The number of rotatable bonds is 9. The zero-order valence-electron chi connectivity index (χ0n) is 22.7. The fraction of sp³-hybridized carbons (Fsp3) is 0.556. The number of nitrogens with zero attached hydrogens (tertiary/aromatic N) is 4. The summed E-state index contributed by atoms with van der Waals surface area (Å²) < 4.78 is 16.2. The first-order valence-electron chi connectivity index (χ1n) is 12.0. The molecule has 0 saturated carbocycles. The lowest BCUT2D eigenvalue weighted by Crippen LogP contribution is -2.03. The normalized spacial score (nSPS) is 10.7. The summed E-state index contributed by atoms with van der Waals surface area (Å²) in [6.07, 6.45) is 8.17. The maximum atomic E-state index is 5.43. The Bertz CT molecular complexity index is 873. The van der Waals surface area contributed by atoms with Gasteiger partial charge in [0.2, 0.25) is 0 Å². The second-order valence-electron chi connectivity index (χ2n) is 8.87. The number of ether oxygens (including phenoxy) is 3. The summed E-state index contributed by atoms with van der Waals surface area (Å²) in [6.45, 7) is 19.9. The Morgan fingerprint density at radius 3 is 1.60 bits per heavy atom. The van der Waals surface area contributed by atoms with E-state index < -0.39 is 0 Å². The molecular formula is C27H42N4O3S. The number of aromatic nitrogens is 4. The molecule has 3 heterocycles. The molecule has 0 bridgehead atoms. The average Bonchev–Trinajstić information content (AvgIpc) is 3.23. The SMILES string of the molecule is Cc1ccc(COC(C)C)cn1.Cc1ncc(COC(C)C)cn1.Cc1ncc(COC(C)C)s1. The Morgan fingerprint density at radius 2 is 1.14 bits per heavy atom. The summed E-state index contributed by atoms with van der Waals surface area (Å²) in [6, 6.07) is 4.05. The highest BCUT2D eigenvalue weighted by Crippen LogP contribution is 2.13. The molecule has 0 unspecified atom stereocenters. The lowest BCUT2D eigenvalue weighted by molar-refractivity contribution is 0.0652. The van der Waals surface area contributed by atoms with E-state index in [0.717, 1.165) is 27.7 Å². The second kappa shape index (κ2) is 17.2. The summed E-state index contributed by atoms with van der Waals surface area (Å²) in [5.74, 6) is 0.795. The molecule has 0 amide bonds. The van der Waals surface area contributed by atoms with Gasteiger partial charge < -0.3 is 14.2 Å². The highest BCUT2D eigenvalue weighted by molar-refractivity contribution is 7.11. The van der Waals surface area contributed by atoms with E-state index in [1.54, 1.807) is 23.7 Å². The van der Waals surface area contributed by atoms with Crippen molar-refractivity contribution in [2.45, 2.75) is 100 Å². The number of thiazole rings is 1. The molecule has 0 radical (unpaired) electrons. The predicted molar refractivity (Wildman–Crippen MR) is 142 cm³/mol. The molecular weight excluding hydrogens is 460 g/mol. The van der Waals surface area contributed by atoms with Gasteiger partial charge in [-0.25, -0.2) is 15.0 Å². The van der Waals surface area contributed by atoms with Crippen LogP contribution in [-0.2, 0) is 34.0 Å². The molecule has 0 fully saturated rings. The Hall–Kier alpha value is -2.26. The Labute approximate surface area is 215 Å². The van der Waals surface area contributed by atoms with Crippen LogP contribution in [0.3, 0.4) is 0 Å². The average molecular weight is 503 g/mol. The van der Waals surface area contributed by atoms with Crippen molar-refractivity contribution in [3.63, 3.8) is 0 Å². The maximum absolute atomic E-state index is 5.43. The van der Waals surface area contributed by atoms with Gasteiger partial charge in [0.1, 0.15) is 5.82 Å². The third kappa shape index (κ3) is 16.1. The van der Waals surface area contributed by atoms with Crippen molar-refractivity contribution in [3.8, 4) is 0 Å². The molecule has 194 valence electrons. The van der Waals surface area contributed by atoms with Crippen molar-refractivity contribution in [1.29, 1.82) is 0 Å². The van der Waals surface area contributed by atoms with Crippen LogP contribution in [-0.4, -0.2) is 38.2 Å². The van der Waals surface area contributed by atoms with Gasteiger partial charge in [-0.05, 0) is 73.9 Å². The fourth-order valence-corrected chi connectivity index (χ4v) is 3.04. The van der Waals surface area contributed by atoms with E-state index in [9.17, 15) is 0 Å². The Morgan fingerprint density at radius 1 is 0.629 bits per heavy atom. The Kier molecular flexibility index (Phi) is 15.1. The van der Waals surface area contributed by atoms with Gasteiger partial charge in [-0.3, -0.25) is 4.98 Å². The van der Waals surface area contributed by atoms with E-state index in [2.05, 4.69) is 19.9 Å². The lowest BCUT2D eigenvalue weighted by Gasteiger charge is -2.06. The molecule has 0 aliphatic carbocycles. The largest absolute Gasteiger partial charge is 0.374 e. The van der Waals surface area contributed by atoms with Crippen molar-refractivity contribution in [1.82, 2.24) is 19.9 Å². The van der Waals surface area contributed by atoms with Gasteiger partial charge in [0.25, 0.3) is 0 Å². The van der Waals surface area contributed by atoms with E-state index >= 15 is 0 Å². The molecule has 3 rings (SSSR count). The minimum absolute atomic E-state index is 0.256. The first-order chi connectivity index (χ1) is 16.5. The fourth-order valence-electron chi connectivity index (χ4n) is 2.32. The van der Waals surface area contributed by atoms with Crippen molar-refractivity contribution in [3.05, 3.63) is 69.5 Å². The number of pyridine rings is 1. The summed E-state index contributed by atoms with van der Waals surface area (Å²) in [5.41, 5.74) is 3.20. The lowest BCUT2D eigenvalue weighted by atomic mass is 10.3. The summed E-state index contributed by atoms with van der Waals surface area (Å²) in [5, 5.41) is 1.10. The molecule has 35 heavy (non-hydrogen) atoms. The first kappa shape index (κ1) is 30.8. The van der Waals surface area contributed by atoms with E-state index in [1.807, 2.05) is 86.8 Å². The van der Waals surface area contributed by atoms with Crippen molar-refractivity contribution < 1.29 is 14.2 Å². The number of hydrogen-bond acceptors (Lipinski definition) is 8. The molecule has 7 nitrogen and oxygen atoms in total. The van der Waals surface area contributed by atoms with E-state index in [4.69, 9.17) is 14.2 Å². The van der Waals surface area contributed by atoms with Gasteiger partial charge in [-0.2, -0.15) is 0 Å². The third-order valence-electron chi connectivity index (χ3n) is 4.20. The van der Waals surface area contributed by atoms with E-state index in [1.165, 1.54) is 4.88 Å². The molecule has 0 atom stereocenters. The van der Waals surface area contributed by atoms with E-state index in [-0.39, 0.29) is 12.2 Å². The maximum Gasteiger partial charge on any atom is 0.125 e. The molecule has 0 N–H and O–H groups in total. The van der Waals surface area contributed by atoms with Gasteiger partial charge in [0.05, 0.1) is 48.0 Å². The monoisotopic (exact) mass is 502 g/mol. The smallest absolute Gasteiger partial charge is 0.125 e. The van der Waals surface area contributed by atoms with Crippen molar-refractivity contribution >= 4 is 11.3 Å². The van der Waals surface area contributed by atoms with Crippen LogP contribution in [0.4, 0.5) is 0 Å². The highest BCUT2D eigenvalue weighted by Gasteiger charge is 1.99. The zero-order valence-corrected chi connectivity index (χ0v) is 23.6. The Balaban J connectivity index is 0.000000263. The predicted octanol–water partition coefficient (Wildman–Crippen LogP) is 6.40. The summed E-state index contributed by atoms with van der Waals surface area (Å²) in [4.78, 5) is 17.6. The van der Waals surface area contributed by atoms with Gasteiger partial charge >= 0.3 is 0 Å². The molecule has 0 aliphatic rings. The summed E-state index contributed by atoms with van der Waals surface area (Å²) in [7, 11) is 0. The minimum Gasteiger partial charge on any atom is -0.374 e. The van der Waals surface area contributed by atoms with Crippen LogP contribution in [0.15, 0.2) is 36.9 Å². The number of aryl methyl sites for hydroxylation is 3. The topological polar surface area (TPSA) is 79.3 Å². The van der Waals surface area contributed by atoms with Crippen LogP contribution in [0.2, 0.25) is 0 Å². The van der Waals surface area contributed by atoms with Gasteiger partial charge in [-0.15, -0.1) is 11.3 Å². The van der Waals surface area contributed by atoms with Crippen LogP contribution in [0, 0.1) is 20.8 Å². The van der Waals surface area contributed by atoms with Gasteiger partial charge in [0, 0.05) is 36.0 Å². The standard InChI is InChI=1S/C10H15NO.C9H14N2O.C8H13NOS/c1-8(2)12-7-10-5-4-9(3)11-6-10;1-7(2)12-6-9-4-10-8(3)11-5-9;1-6(2)10-5-8-4-9-7(3)11-8/h4-6,8H,7H2,1-3H3;4-5,7H,6H2,1-3H3;4,6H,5H2,1-3H3. The van der Waals surface area contributed by atoms with Crippen molar-refractivity contribution in [2.24, 2.45) is 0 Å². The molecule has 0 saturated heterocycles. The highest BCUT2D eigenvalue weighted by atomic mass is 32.1. The quantitative estimate of drug-likeness (QED) is 0.335. The van der Waals surface area contributed by atoms with Crippen LogP contribution < -0.4 is 0 Å². The molecule has 3 aromatic heterocycles. The van der Waals surface area contributed by atoms with Crippen LogP contribution in [0.25, 0.3) is 0 Å². The van der Waals surface area contributed by atoms with E-state index in [0.29, 0.717) is 25.9 Å². The number of hydrogen-bond donors (Lipinski definition) is 0. The molecule has 0 spiro atoms. The molecule has 8 heteroatoms. The minimum atomic E-state index is 0.256. The summed E-state index contributed by atoms with van der Waals surface area (Å²) >= 11 is 1.69. The van der Waals surface area contributed by atoms with Crippen LogP contribution in [0.5, 0.6) is 0 Å². The van der Waals surface area contributed by atoms with Gasteiger partial charge in [-0.1, -0.05) is 6.07 Å². The van der Waals surface area contributed by atoms with Crippen molar-refractivity contribution in [2.75, 3.05) is 0 Å². The zero-order chi connectivity index (χ0) is 26.2. The molecule has 0 aliphatic heterocycles. The first-order valence-corrected chi connectivity index (χ1v) is 12.8. The van der Waals surface area contributed by atoms with Gasteiger partial charge in [0.15, 0.2) is 0 Å². The molecule has 3 aromatic rings. The molecule has 0 aromatic carbocycles. The van der Waals surface area contributed by atoms with Crippen LogP contribution >= 0.6 is 11.3 Å². The third-order valence-corrected chi connectivity index (χ3v) is 5.09. The second-order valence-corrected chi connectivity index (χ2v) is 10.2.